The van der Waals surface area contributed by atoms with Crippen LogP contribution in [0.2, 0.25) is 0 Å². The third kappa shape index (κ3) is 13.4. The Morgan fingerprint density at radius 2 is 1.15 bits per heavy atom. The van der Waals surface area contributed by atoms with Crippen molar-refractivity contribution in [2.75, 3.05) is 20.8 Å². The lowest BCUT2D eigenvalue weighted by molar-refractivity contribution is -0.144. The van der Waals surface area contributed by atoms with Gasteiger partial charge in [0.05, 0.1) is 32.6 Å². The van der Waals surface area contributed by atoms with E-state index in [0.29, 0.717) is 5.52 Å². The SMILES string of the molecule is COC(=O)C[C@H](NC(=O)[C@@H](NC(=O)c1ccc2ccccc2n1)C(C)C)C(=O)N[C@H](C(=O)N[C@@H](C)C(=O)N[C@H](CC(=O)OC)C(=O)COc1c(F)c(F)cc(F)c1F)C(C)C. The zero-order valence-corrected chi connectivity index (χ0v) is 34.2. The summed E-state index contributed by atoms with van der Waals surface area (Å²) >= 11 is 0. The molecule has 5 N–H and O–H groups in total. The lowest BCUT2D eigenvalue weighted by Crippen LogP contribution is -2.60. The van der Waals surface area contributed by atoms with Crippen LogP contribution in [-0.2, 0) is 43.0 Å². The van der Waals surface area contributed by atoms with E-state index in [9.17, 15) is 55.9 Å². The molecular weight excluding hydrogens is 816 g/mol. The number of ether oxygens (including phenoxy) is 3. The van der Waals surface area contributed by atoms with Crippen molar-refractivity contribution in [2.24, 2.45) is 11.8 Å². The number of pyridine rings is 1. The first-order chi connectivity index (χ1) is 28.7. The van der Waals surface area contributed by atoms with Crippen molar-refractivity contribution in [1.29, 1.82) is 0 Å². The topological polar surface area (TPSA) is 237 Å². The van der Waals surface area contributed by atoms with E-state index in [2.05, 4.69) is 41.0 Å². The van der Waals surface area contributed by atoms with Gasteiger partial charge in [-0.05, 0) is 30.9 Å². The lowest BCUT2D eigenvalue weighted by Gasteiger charge is -2.28. The summed E-state index contributed by atoms with van der Waals surface area (Å²) in [6.07, 6.45) is -1.54. The highest BCUT2D eigenvalue weighted by Gasteiger charge is 2.35. The summed E-state index contributed by atoms with van der Waals surface area (Å²) in [6.45, 7) is 6.18. The van der Waals surface area contributed by atoms with Crippen LogP contribution < -0.4 is 31.3 Å². The average Bonchev–Trinajstić information content (AvgIpc) is 3.22. The minimum atomic E-state index is -1.94. The predicted molar refractivity (Wildman–Crippen MR) is 206 cm³/mol. The number of benzene rings is 2. The maximum absolute atomic E-state index is 14.1. The zero-order valence-electron chi connectivity index (χ0n) is 34.2. The zero-order chi connectivity index (χ0) is 45.7. The molecule has 17 nitrogen and oxygen atoms in total. The molecule has 0 aliphatic carbocycles. The van der Waals surface area contributed by atoms with E-state index in [-0.39, 0.29) is 11.8 Å². The Kier molecular flexibility index (Phi) is 17.6. The van der Waals surface area contributed by atoms with Gasteiger partial charge in [0, 0.05) is 11.5 Å². The number of para-hydroxylation sites is 1. The summed E-state index contributed by atoms with van der Waals surface area (Å²) in [7, 11) is 2.00. The van der Waals surface area contributed by atoms with Gasteiger partial charge >= 0.3 is 11.9 Å². The van der Waals surface area contributed by atoms with E-state index >= 15 is 0 Å². The largest absolute Gasteiger partial charge is 0.479 e. The van der Waals surface area contributed by atoms with Gasteiger partial charge in [0.1, 0.15) is 42.5 Å². The Morgan fingerprint density at radius 1 is 0.623 bits per heavy atom. The van der Waals surface area contributed by atoms with E-state index in [1.54, 1.807) is 44.2 Å². The van der Waals surface area contributed by atoms with E-state index < -0.39 is 138 Å². The van der Waals surface area contributed by atoms with Crippen LogP contribution in [0.25, 0.3) is 10.9 Å². The molecule has 1 aromatic heterocycles. The van der Waals surface area contributed by atoms with Crippen LogP contribution in [0.4, 0.5) is 17.6 Å². The van der Waals surface area contributed by atoms with Gasteiger partial charge in [0.15, 0.2) is 23.2 Å². The van der Waals surface area contributed by atoms with E-state index in [1.807, 2.05) is 0 Å². The third-order valence-corrected chi connectivity index (χ3v) is 9.03. The second-order valence-electron chi connectivity index (χ2n) is 14.3. The fourth-order valence-corrected chi connectivity index (χ4v) is 5.53. The molecule has 3 aromatic rings. The quantitative estimate of drug-likeness (QED) is 0.0623. The van der Waals surface area contributed by atoms with Crippen molar-refractivity contribution in [3.05, 3.63) is 71.4 Å². The number of carbonyl (C=O) groups is 8. The molecule has 1 heterocycles. The number of esters is 2. The van der Waals surface area contributed by atoms with Crippen LogP contribution in [0, 0.1) is 35.1 Å². The molecule has 0 bridgehead atoms. The molecule has 0 spiro atoms. The number of amides is 5. The first-order valence-electron chi connectivity index (χ1n) is 18.7. The Balaban J connectivity index is 1.72. The van der Waals surface area contributed by atoms with Gasteiger partial charge in [0.2, 0.25) is 35.3 Å². The number of Topliss-reactive ketones (excluding diaryl/α,β-unsaturated/α-hetero) is 1. The number of carbonyl (C=O) groups excluding carboxylic acids is 8. The summed E-state index contributed by atoms with van der Waals surface area (Å²) in [6, 6.07) is 2.56. The summed E-state index contributed by atoms with van der Waals surface area (Å²) < 4.78 is 69.3. The number of hydrogen-bond acceptors (Lipinski definition) is 12. The molecule has 0 aliphatic rings. The molecule has 3 rings (SSSR count). The molecule has 61 heavy (non-hydrogen) atoms. The number of hydrogen-bond donors (Lipinski definition) is 5. The summed E-state index contributed by atoms with van der Waals surface area (Å²) in [5.41, 5.74) is 0.551. The van der Waals surface area contributed by atoms with Gasteiger partial charge in [-0.3, -0.25) is 38.4 Å². The number of ketones is 1. The van der Waals surface area contributed by atoms with E-state index in [0.717, 1.165) is 26.5 Å². The molecular formula is C40H46F4N6O11. The Labute approximate surface area is 347 Å². The number of aromatic nitrogens is 1. The van der Waals surface area contributed by atoms with Crippen LogP contribution in [0.15, 0.2) is 42.5 Å². The van der Waals surface area contributed by atoms with Crippen LogP contribution in [0.1, 0.15) is 57.9 Å². The highest BCUT2D eigenvalue weighted by Crippen LogP contribution is 2.26. The molecule has 21 heteroatoms. The number of nitrogens with zero attached hydrogens (tertiary/aromatic N) is 1. The molecule has 0 radical (unpaired) electrons. The fourth-order valence-electron chi connectivity index (χ4n) is 5.53. The van der Waals surface area contributed by atoms with Crippen LogP contribution in [0.3, 0.4) is 0 Å². The van der Waals surface area contributed by atoms with Crippen LogP contribution in [0.5, 0.6) is 5.75 Å². The Bertz CT molecular complexity index is 2130. The van der Waals surface area contributed by atoms with Gasteiger partial charge in [-0.15, -0.1) is 0 Å². The van der Waals surface area contributed by atoms with Crippen molar-refractivity contribution >= 4 is 58.2 Å². The van der Waals surface area contributed by atoms with Crippen molar-refractivity contribution in [3.63, 3.8) is 0 Å². The standard InChI is InChI=1S/C40H46F4N6O11/c1-18(2)33(39(57)45-20(5)36(54)47-26(15-29(52)59-6)28(51)17-61-35-31(43)22(41)14-23(42)32(35)44)50-38(56)27(16-30(53)60-7)48-40(58)34(19(3)4)49-37(55)25-13-12-21-10-8-9-11-24(21)46-25/h8-14,18-20,26-27,33-34H,15-17H2,1-7H3,(H,45,57)(H,47,54)(H,48,58)(H,49,55)(H,50,56)/t20-,26+,27-,33-,34-/m0/s1. The van der Waals surface area contributed by atoms with Gasteiger partial charge in [0.25, 0.3) is 5.91 Å². The predicted octanol–water partition coefficient (Wildman–Crippen LogP) is 1.94. The molecule has 0 unspecified atom stereocenters. The molecule has 5 atom stereocenters. The summed E-state index contributed by atoms with van der Waals surface area (Å²) in [5.74, 6) is -18.1. The smallest absolute Gasteiger partial charge is 0.308 e. The lowest BCUT2D eigenvalue weighted by atomic mass is 10.0. The number of rotatable bonds is 20. The Hall–Kier alpha value is -6.67. The number of nitrogens with one attached hydrogen (secondary N) is 5. The van der Waals surface area contributed by atoms with Crippen molar-refractivity contribution in [1.82, 2.24) is 31.6 Å². The number of halogens is 4. The molecule has 330 valence electrons. The Morgan fingerprint density at radius 3 is 1.72 bits per heavy atom. The molecule has 0 fully saturated rings. The second kappa shape index (κ2) is 22.1. The minimum Gasteiger partial charge on any atom is -0.479 e. The third-order valence-electron chi connectivity index (χ3n) is 9.03. The van der Waals surface area contributed by atoms with Gasteiger partial charge in [-0.1, -0.05) is 52.0 Å². The van der Waals surface area contributed by atoms with Crippen LogP contribution in [-0.4, -0.2) is 103 Å². The van der Waals surface area contributed by atoms with Crippen molar-refractivity contribution < 1.29 is 70.1 Å². The minimum absolute atomic E-state index is 0.0151. The summed E-state index contributed by atoms with van der Waals surface area (Å²) in [5, 5.41) is 12.8. The van der Waals surface area contributed by atoms with E-state index in [1.165, 1.54) is 19.9 Å². The maximum atomic E-state index is 14.1. The maximum Gasteiger partial charge on any atom is 0.308 e. The van der Waals surface area contributed by atoms with E-state index in [4.69, 9.17) is 4.74 Å². The first kappa shape index (κ1) is 48.7. The van der Waals surface area contributed by atoms with Crippen LogP contribution >= 0.6 is 0 Å². The first-order valence-corrected chi connectivity index (χ1v) is 18.7. The molecule has 5 amide bonds. The molecule has 0 saturated heterocycles. The highest BCUT2D eigenvalue weighted by atomic mass is 19.2. The summed E-state index contributed by atoms with van der Waals surface area (Å²) in [4.78, 5) is 109. The van der Waals surface area contributed by atoms with Gasteiger partial charge in [-0.25, -0.2) is 13.8 Å². The number of fused-ring (bicyclic) bond motifs is 1. The molecule has 2 aromatic carbocycles. The molecule has 0 aliphatic heterocycles. The average molecular weight is 863 g/mol. The second-order valence-corrected chi connectivity index (χ2v) is 14.3. The van der Waals surface area contributed by atoms with Crippen molar-refractivity contribution in [2.45, 2.75) is 77.7 Å². The normalized spacial score (nSPS) is 13.5. The molecule has 0 saturated carbocycles. The highest BCUT2D eigenvalue weighted by molar-refractivity contribution is 6.00. The van der Waals surface area contributed by atoms with Gasteiger partial charge in [-0.2, -0.15) is 8.78 Å². The monoisotopic (exact) mass is 862 g/mol. The van der Waals surface area contributed by atoms with Gasteiger partial charge < -0.3 is 40.8 Å². The van der Waals surface area contributed by atoms with Crippen molar-refractivity contribution in [3.8, 4) is 5.75 Å². The fraction of sp³-hybridized carbons (Fsp3) is 0.425. The number of methoxy groups -OCH3 is 2.